The summed E-state index contributed by atoms with van der Waals surface area (Å²) in [5, 5.41) is 15.0. The highest BCUT2D eigenvalue weighted by atomic mass is 16.6. The molecule has 0 radical (unpaired) electrons. The second-order valence-corrected chi connectivity index (χ2v) is 8.67. The van der Waals surface area contributed by atoms with E-state index in [0.29, 0.717) is 41.8 Å². The van der Waals surface area contributed by atoms with Crippen LogP contribution in [-0.4, -0.2) is 69.7 Å². The first kappa shape index (κ1) is 22.2. The van der Waals surface area contributed by atoms with Crippen LogP contribution >= 0.6 is 0 Å². The molecule has 0 saturated carbocycles. The zero-order valence-corrected chi connectivity index (χ0v) is 19.2. The number of non-ortho nitro benzene ring substituents is 1. The molecule has 10 heteroatoms. The van der Waals surface area contributed by atoms with Gasteiger partial charge in [0.05, 0.1) is 34.7 Å². The van der Waals surface area contributed by atoms with Crippen LogP contribution in [0.3, 0.4) is 0 Å². The summed E-state index contributed by atoms with van der Waals surface area (Å²) in [5.41, 5.74) is 5.38. The summed E-state index contributed by atoms with van der Waals surface area (Å²) in [5.74, 6) is -0.146. The maximum Gasteiger partial charge on any atom is 0.270 e. The van der Waals surface area contributed by atoms with Crippen LogP contribution < -0.4 is 5.32 Å². The molecule has 1 aliphatic heterocycles. The van der Waals surface area contributed by atoms with Crippen LogP contribution in [0.2, 0.25) is 0 Å². The first-order chi connectivity index (χ1) is 16.4. The fraction of sp³-hybridized carbons (Fsp3) is 0.375. The van der Waals surface area contributed by atoms with Gasteiger partial charge in [-0.05, 0) is 43.2 Å². The van der Waals surface area contributed by atoms with E-state index in [1.165, 1.54) is 12.1 Å². The number of aromatic nitrogens is 3. The minimum absolute atomic E-state index is 0.0245. The Balaban J connectivity index is 1.52. The number of nitrogens with zero attached hydrogens (tertiary/aromatic N) is 5. The molecule has 0 atom stereocenters. The Hall–Kier alpha value is -3.63. The predicted molar refractivity (Wildman–Crippen MR) is 129 cm³/mol. The molecule has 1 amide bonds. The van der Waals surface area contributed by atoms with E-state index < -0.39 is 4.92 Å². The van der Waals surface area contributed by atoms with Crippen molar-refractivity contribution in [3.63, 3.8) is 0 Å². The summed E-state index contributed by atoms with van der Waals surface area (Å²) >= 11 is 0. The van der Waals surface area contributed by atoms with E-state index in [-0.39, 0.29) is 18.1 Å². The number of nitro benzene ring substituents is 1. The number of benzene rings is 2. The molecule has 0 spiro atoms. The van der Waals surface area contributed by atoms with E-state index in [9.17, 15) is 14.9 Å². The van der Waals surface area contributed by atoms with Crippen molar-refractivity contribution < 1.29 is 14.5 Å². The van der Waals surface area contributed by atoms with Gasteiger partial charge in [0.1, 0.15) is 12.1 Å². The summed E-state index contributed by atoms with van der Waals surface area (Å²) in [4.78, 5) is 35.7. The number of ether oxygens (including phenoxy) is 1. The van der Waals surface area contributed by atoms with Crippen LogP contribution in [0, 0.1) is 24.0 Å². The first-order valence-corrected chi connectivity index (χ1v) is 11.3. The second-order valence-electron chi connectivity index (χ2n) is 8.67. The third-order valence-corrected chi connectivity index (χ3v) is 6.41. The molecule has 176 valence electrons. The van der Waals surface area contributed by atoms with Crippen molar-refractivity contribution in [2.75, 3.05) is 39.4 Å². The van der Waals surface area contributed by atoms with Gasteiger partial charge in [-0.3, -0.25) is 19.8 Å². The lowest BCUT2D eigenvalue weighted by atomic mass is 10.1. The van der Waals surface area contributed by atoms with Crippen LogP contribution in [0.5, 0.6) is 0 Å². The standard InChI is InChI=1S/C24H26N6O4/c1-15-11-19-20(12-16(15)2)27-24-23(26-19)18-13-17(30(32)33)3-4-21(18)29(24)14-22(31)25-5-6-28-7-9-34-10-8-28/h3-4,11-13H,5-10,14H2,1-2H3,(H,25,31). The summed E-state index contributed by atoms with van der Waals surface area (Å²) < 4.78 is 7.15. The molecule has 1 aliphatic rings. The molecule has 1 saturated heterocycles. The lowest BCUT2D eigenvalue weighted by molar-refractivity contribution is -0.384. The minimum atomic E-state index is -0.428. The minimum Gasteiger partial charge on any atom is -0.379 e. The second kappa shape index (κ2) is 8.96. The number of morpholine rings is 1. The Morgan fingerprint density at radius 3 is 2.53 bits per heavy atom. The zero-order chi connectivity index (χ0) is 23.8. The average molecular weight is 463 g/mol. The van der Waals surface area contributed by atoms with Crippen molar-refractivity contribution in [2.24, 2.45) is 0 Å². The van der Waals surface area contributed by atoms with E-state index in [1.54, 1.807) is 10.6 Å². The Bertz CT molecular complexity index is 1420. The van der Waals surface area contributed by atoms with Crippen LogP contribution in [-0.2, 0) is 16.1 Å². The average Bonchev–Trinajstić information content (AvgIpc) is 3.11. The Morgan fingerprint density at radius 1 is 1.12 bits per heavy atom. The molecule has 0 bridgehead atoms. The Morgan fingerprint density at radius 2 is 1.82 bits per heavy atom. The van der Waals surface area contributed by atoms with E-state index in [4.69, 9.17) is 14.7 Å². The third-order valence-electron chi connectivity index (χ3n) is 6.41. The first-order valence-electron chi connectivity index (χ1n) is 11.3. The van der Waals surface area contributed by atoms with Crippen LogP contribution in [0.1, 0.15) is 11.1 Å². The van der Waals surface area contributed by atoms with Crippen LogP contribution in [0.15, 0.2) is 30.3 Å². The summed E-state index contributed by atoms with van der Waals surface area (Å²) in [6.07, 6.45) is 0. The van der Waals surface area contributed by atoms with Crippen molar-refractivity contribution in [2.45, 2.75) is 20.4 Å². The topological polar surface area (TPSA) is 115 Å². The van der Waals surface area contributed by atoms with Crippen LogP contribution in [0.25, 0.3) is 33.1 Å². The Labute approximate surface area is 195 Å². The number of rotatable bonds is 6. The molecular formula is C24H26N6O4. The van der Waals surface area contributed by atoms with Gasteiger partial charge in [0.25, 0.3) is 5.69 Å². The van der Waals surface area contributed by atoms with Gasteiger partial charge in [-0.2, -0.15) is 0 Å². The van der Waals surface area contributed by atoms with E-state index in [2.05, 4.69) is 10.2 Å². The molecule has 5 rings (SSSR count). The highest BCUT2D eigenvalue weighted by Gasteiger charge is 2.20. The quantitative estimate of drug-likeness (QED) is 0.346. The number of aryl methyl sites for hydroxylation is 2. The molecule has 2 aromatic heterocycles. The molecule has 1 N–H and O–H groups in total. The predicted octanol–water partition coefficient (Wildman–Crippen LogP) is 2.71. The number of fused-ring (bicyclic) bond motifs is 4. The summed E-state index contributed by atoms with van der Waals surface area (Å²) in [6, 6.07) is 8.56. The van der Waals surface area contributed by atoms with Gasteiger partial charge < -0.3 is 14.6 Å². The van der Waals surface area contributed by atoms with Crippen LogP contribution in [0.4, 0.5) is 5.69 Å². The normalized spacial score (nSPS) is 14.8. The van der Waals surface area contributed by atoms with Gasteiger partial charge >= 0.3 is 0 Å². The van der Waals surface area contributed by atoms with Crippen molar-refractivity contribution >= 4 is 44.7 Å². The highest BCUT2D eigenvalue weighted by Crippen LogP contribution is 2.31. The number of amides is 1. The number of hydrogen-bond donors (Lipinski definition) is 1. The van der Waals surface area contributed by atoms with Gasteiger partial charge in [0, 0.05) is 43.7 Å². The van der Waals surface area contributed by atoms with Crippen molar-refractivity contribution in [1.82, 2.24) is 24.8 Å². The Kier molecular flexibility index (Phi) is 5.84. The molecule has 4 aromatic rings. The van der Waals surface area contributed by atoms with E-state index >= 15 is 0 Å². The molecule has 10 nitrogen and oxygen atoms in total. The summed E-state index contributed by atoms with van der Waals surface area (Å²) in [7, 11) is 0. The number of carbonyl (C=O) groups excluding carboxylic acids is 1. The molecule has 3 heterocycles. The van der Waals surface area contributed by atoms with Gasteiger partial charge in [-0.15, -0.1) is 0 Å². The molecule has 34 heavy (non-hydrogen) atoms. The van der Waals surface area contributed by atoms with E-state index in [1.807, 2.05) is 26.0 Å². The fourth-order valence-corrected chi connectivity index (χ4v) is 4.39. The summed E-state index contributed by atoms with van der Waals surface area (Å²) in [6.45, 7) is 8.53. The molecule has 0 aliphatic carbocycles. The lowest BCUT2D eigenvalue weighted by Gasteiger charge is -2.26. The van der Waals surface area contributed by atoms with Gasteiger partial charge in [-0.1, -0.05) is 0 Å². The molecule has 2 aromatic carbocycles. The zero-order valence-electron chi connectivity index (χ0n) is 19.2. The molecular weight excluding hydrogens is 436 g/mol. The van der Waals surface area contributed by atoms with Gasteiger partial charge in [0.15, 0.2) is 5.65 Å². The van der Waals surface area contributed by atoms with Crippen molar-refractivity contribution in [3.8, 4) is 0 Å². The maximum absolute atomic E-state index is 12.8. The smallest absolute Gasteiger partial charge is 0.270 e. The monoisotopic (exact) mass is 462 g/mol. The number of nitrogens with one attached hydrogen (secondary N) is 1. The molecule has 0 unspecified atom stereocenters. The van der Waals surface area contributed by atoms with Gasteiger partial charge in [0.2, 0.25) is 5.91 Å². The van der Waals surface area contributed by atoms with Crippen molar-refractivity contribution in [3.05, 3.63) is 51.6 Å². The van der Waals surface area contributed by atoms with Crippen molar-refractivity contribution in [1.29, 1.82) is 0 Å². The largest absolute Gasteiger partial charge is 0.379 e. The fourth-order valence-electron chi connectivity index (χ4n) is 4.39. The molecule has 1 fully saturated rings. The highest BCUT2D eigenvalue weighted by molar-refractivity contribution is 6.07. The third kappa shape index (κ3) is 4.17. The SMILES string of the molecule is Cc1cc2nc3c4cc([N+](=O)[O-])ccc4n(CC(=O)NCCN4CCOCC4)c3nc2cc1C. The number of hydrogen-bond acceptors (Lipinski definition) is 7. The van der Waals surface area contributed by atoms with E-state index in [0.717, 1.165) is 41.8 Å². The van der Waals surface area contributed by atoms with Gasteiger partial charge in [-0.25, -0.2) is 9.97 Å². The number of nitro groups is 1. The lowest BCUT2D eigenvalue weighted by Crippen LogP contribution is -2.41. The number of carbonyl (C=O) groups is 1. The maximum atomic E-state index is 12.8.